The molecule has 2 aromatic heterocycles. The third-order valence-corrected chi connectivity index (χ3v) is 5.14. The molecule has 4 rings (SSSR count). The molecular weight excluding hydrogens is 298 g/mol. The summed E-state index contributed by atoms with van der Waals surface area (Å²) in [5.41, 5.74) is 2.62. The van der Waals surface area contributed by atoms with E-state index in [9.17, 15) is 0 Å². The molecule has 2 atom stereocenters. The minimum Gasteiger partial charge on any atom is -0.376 e. The Morgan fingerprint density at radius 3 is 2.62 bits per heavy atom. The SMILES string of the molecule is c1cncc(C[C@@H]2[C@H](OCC3CC3)CCN2Cc2ccncc2)c1. The summed E-state index contributed by atoms with van der Waals surface area (Å²) in [4.78, 5) is 11.0. The van der Waals surface area contributed by atoms with Crippen molar-refractivity contribution in [3.63, 3.8) is 0 Å². The third-order valence-electron chi connectivity index (χ3n) is 5.14. The maximum Gasteiger partial charge on any atom is 0.0745 e. The maximum absolute atomic E-state index is 6.31. The van der Waals surface area contributed by atoms with Crippen LogP contribution in [0, 0.1) is 5.92 Å². The summed E-state index contributed by atoms with van der Waals surface area (Å²) >= 11 is 0. The quantitative estimate of drug-likeness (QED) is 0.785. The van der Waals surface area contributed by atoms with Crippen molar-refractivity contribution in [3.05, 3.63) is 60.2 Å². The zero-order valence-electron chi connectivity index (χ0n) is 14.1. The second kappa shape index (κ2) is 7.41. The van der Waals surface area contributed by atoms with Crippen LogP contribution < -0.4 is 0 Å². The van der Waals surface area contributed by atoms with Crippen LogP contribution in [0.5, 0.6) is 0 Å². The Labute approximate surface area is 143 Å². The van der Waals surface area contributed by atoms with E-state index in [-0.39, 0.29) is 0 Å². The fraction of sp³-hybridized carbons (Fsp3) is 0.500. The number of likely N-dealkylation sites (tertiary alicyclic amines) is 1. The summed E-state index contributed by atoms with van der Waals surface area (Å²) in [6.45, 7) is 3.01. The van der Waals surface area contributed by atoms with Crippen LogP contribution in [0.4, 0.5) is 0 Å². The van der Waals surface area contributed by atoms with Crippen molar-refractivity contribution in [1.29, 1.82) is 0 Å². The number of hydrogen-bond acceptors (Lipinski definition) is 4. The molecule has 2 aliphatic rings. The zero-order valence-corrected chi connectivity index (χ0v) is 14.1. The predicted octanol–water partition coefficient (Wildman–Crippen LogP) is 3.09. The second-order valence-electron chi connectivity index (χ2n) is 7.06. The van der Waals surface area contributed by atoms with Gasteiger partial charge in [-0.3, -0.25) is 14.9 Å². The van der Waals surface area contributed by atoms with Crippen molar-refractivity contribution in [1.82, 2.24) is 14.9 Å². The van der Waals surface area contributed by atoms with Gasteiger partial charge in [0.15, 0.2) is 0 Å². The van der Waals surface area contributed by atoms with Crippen molar-refractivity contribution in [2.75, 3.05) is 13.2 Å². The Kier molecular flexibility index (Phi) is 4.86. The van der Waals surface area contributed by atoms with Crippen LogP contribution in [0.15, 0.2) is 49.1 Å². The molecule has 3 heterocycles. The van der Waals surface area contributed by atoms with Crippen LogP contribution in [-0.4, -0.2) is 40.2 Å². The smallest absolute Gasteiger partial charge is 0.0745 e. The molecule has 2 aromatic rings. The van der Waals surface area contributed by atoms with Gasteiger partial charge < -0.3 is 4.74 Å². The summed E-state index contributed by atoms with van der Waals surface area (Å²) in [6, 6.07) is 8.85. The zero-order chi connectivity index (χ0) is 16.2. The lowest BCUT2D eigenvalue weighted by molar-refractivity contribution is 0.0196. The van der Waals surface area contributed by atoms with Gasteiger partial charge in [0.1, 0.15) is 0 Å². The highest BCUT2D eigenvalue weighted by Crippen LogP contribution is 2.32. The number of rotatable bonds is 7. The first kappa shape index (κ1) is 15.7. The lowest BCUT2D eigenvalue weighted by Gasteiger charge is -2.28. The van der Waals surface area contributed by atoms with E-state index in [0.29, 0.717) is 12.1 Å². The molecule has 1 aliphatic carbocycles. The average Bonchev–Trinajstić information content (AvgIpc) is 3.39. The third kappa shape index (κ3) is 4.00. The van der Waals surface area contributed by atoms with Gasteiger partial charge in [0.25, 0.3) is 0 Å². The first-order valence-electron chi connectivity index (χ1n) is 9.02. The molecule has 1 saturated carbocycles. The molecule has 4 nitrogen and oxygen atoms in total. The van der Waals surface area contributed by atoms with Gasteiger partial charge in [-0.2, -0.15) is 0 Å². The summed E-state index contributed by atoms with van der Waals surface area (Å²) in [5, 5.41) is 0. The van der Waals surface area contributed by atoms with E-state index in [1.165, 1.54) is 24.0 Å². The molecule has 24 heavy (non-hydrogen) atoms. The minimum absolute atomic E-state index is 0.340. The van der Waals surface area contributed by atoms with Crippen molar-refractivity contribution < 1.29 is 4.74 Å². The first-order valence-corrected chi connectivity index (χ1v) is 9.02. The molecule has 4 heteroatoms. The highest BCUT2D eigenvalue weighted by atomic mass is 16.5. The number of aromatic nitrogens is 2. The maximum atomic E-state index is 6.31. The van der Waals surface area contributed by atoms with Crippen LogP contribution >= 0.6 is 0 Å². The van der Waals surface area contributed by atoms with E-state index in [1.807, 2.05) is 30.9 Å². The van der Waals surface area contributed by atoms with Gasteiger partial charge in [-0.05, 0) is 60.9 Å². The molecular formula is C20H25N3O. The largest absolute Gasteiger partial charge is 0.376 e. The summed E-state index contributed by atoms with van der Waals surface area (Å²) in [5.74, 6) is 0.818. The van der Waals surface area contributed by atoms with Gasteiger partial charge in [-0.1, -0.05) is 6.07 Å². The topological polar surface area (TPSA) is 38.2 Å². The van der Waals surface area contributed by atoms with Crippen molar-refractivity contribution in [3.8, 4) is 0 Å². The standard InChI is InChI=1S/C20H25N3O/c1-2-18(13-22-8-1)12-19-20(24-15-17-3-4-17)7-11-23(19)14-16-5-9-21-10-6-16/h1-2,5-6,8-10,13,17,19-20H,3-4,7,11-12,14-15H2/t19-,20-/m1/s1. The van der Waals surface area contributed by atoms with E-state index < -0.39 is 0 Å². The van der Waals surface area contributed by atoms with Gasteiger partial charge in [-0.25, -0.2) is 0 Å². The number of ether oxygens (including phenoxy) is 1. The average molecular weight is 323 g/mol. The number of pyridine rings is 2. The molecule has 0 radical (unpaired) electrons. The molecule has 0 bridgehead atoms. The first-order chi connectivity index (χ1) is 11.9. The fourth-order valence-corrected chi connectivity index (χ4v) is 3.56. The highest BCUT2D eigenvalue weighted by Gasteiger charge is 2.36. The predicted molar refractivity (Wildman–Crippen MR) is 93.5 cm³/mol. The van der Waals surface area contributed by atoms with E-state index in [2.05, 4.69) is 33.1 Å². The van der Waals surface area contributed by atoms with Crippen LogP contribution in [0.3, 0.4) is 0 Å². The van der Waals surface area contributed by atoms with Gasteiger partial charge in [0.2, 0.25) is 0 Å². The summed E-state index contributed by atoms with van der Waals surface area (Å²) in [6.07, 6.45) is 12.8. The van der Waals surface area contributed by atoms with Crippen LogP contribution in [0.1, 0.15) is 30.4 Å². The molecule has 1 saturated heterocycles. The lowest BCUT2D eigenvalue weighted by atomic mass is 10.0. The number of hydrogen-bond donors (Lipinski definition) is 0. The van der Waals surface area contributed by atoms with Gasteiger partial charge in [0, 0.05) is 50.5 Å². The van der Waals surface area contributed by atoms with Crippen LogP contribution in [-0.2, 0) is 17.7 Å². The lowest BCUT2D eigenvalue weighted by Crippen LogP contribution is -2.38. The molecule has 0 spiro atoms. The Morgan fingerprint density at radius 2 is 1.88 bits per heavy atom. The number of nitrogens with zero attached hydrogens (tertiary/aromatic N) is 3. The van der Waals surface area contributed by atoms with E-state index in [1.54, 1.807) is 0 Å². The normalized spacial score (nSPS) is 24.3. The van der Waals surface area contributed by atoms with Crippen LogP contribution in [0.25, 0.3) is 0 Å². The van der Waals surface area contributed by atoms with Crippen molar-refractivity contribution in [2.45, 2.75) is 44.4 Å². The Balaban J connectivity index is 1.46. The van der Waals surface area contributed by atoms with Gasteiger partial charge >= 0.3 is 0 Å². The molecule has 2 fully saturated rings. The van der Waals surface area contributed by atoms with Gasteiger partial charge in [-0.15, -0.1) is 0 Å². The monoisotopic (exact) mass is 323 g/mol. The Hall–Kier alpha value is -1.78. The Bertz CT molecular complexity index is 630. The highest BCUT2D eigenvalue weighted by molar-refractivity contribution is 5.14. The van der Waals surface area contributed by atoms with E-state index in [0.717, 1.165) is 38.5 Å². The molecule has 0 unspecified atom stereocenters. The summed E-state index contributed by atoms with van der Waals surface area (Å²) in [7, 11) is 0. The van der Waals surface area contributed by atoms with Crippen molar-refractivity contribution >= 4 is 0 Å². The molecule has 1 aliphatic heterocycles. The molecule has 0 N–H and O–H groups in total. The molecule has 0 aromatic carbocycles. The Morgan fingerprint density at radius 1 is 1.00 bits per heavy atom. The van der Waals surface area contributed by atoms with E-state index in [4.69, 9.17) is 4.74 Å². The second-order valence-corrected chi connectivity index (χ2v) is 7.06. The van der Waals surface area contributed by atoms with Crippen molar-refractivity contribution in [2.24, 2.45) is 5.92 Å². The minimum atomic E-state index is 0.340. The molecule has 0 amide bonds. The van der Waals surface area contributed by atoms with E-state index >= 15 is 0 Å². The van der Waals surface area contributed by atoms with Crippen LogP contribution in [0.2, 0.25) is 0 Å². The van der Waals surface area contributed by atoms with Gasteiger partial charge in [0.05, 0.1) is 6.10 Å². The molecule has 126 valence electrons. The summed E-state index contributed by atoms with van der Waals surface area (Å²) < 4.78 is 6.31. The fourth-order valence-electron chi connectivity index (χ4n) is 3.56.